The number of nitrogens with one attached hydrogen (secondary N) is 2. The Morgan fingerprint density at radius 1 is 1.88 bits per heavy atom. The fraction of sp³-hybridized carbons (Fsp3) is 0.400. The van der Waals surface area contributed by atoms with E-state index in [9.17, 15) is 0 Å². The largest absolute Gasteiger partial charge is 0.248 e. The van der Waals surface area contributed by atoms with E-state index in [2.05, 4.69) is 9.97 Å². The van der Waals surface area contributed by atoms with Gasteiger partial charge in [-0.15, -0.1) is 11.6 Å². The summed E-state index contributed by atoms with van der Waals surface area (Å²) in [6.45, 7) is 1.98. The highest BCUT2D eigenvalue weighted by atomic mass is 35.5. The summed E-state index contributed by atoms with van der Waals surface area (Å²) in [5, 5.41) is 0. The van der Waals surface area contributed by atoms with Gasteiger partial charge in [0.05, 0.1) is 5.88 Å². The Morgan fingerprint density at radius 3 is 2.88 bits per heavy atom. The molecule has 0 bridgehead atoms. The maximum Gasteiger partial charge on any atom is 0.239 e. The normalized spacial score (nSPS) is 9.75. The van der Waals surface area contributed by atoms with Crippen molar-refractivity contribution in [2.24, 2.45) is 0 Å². The smallest absolute Gasteiger partial charge is 0.239 e. The van der Waals surface area contributed by atoms with E-state index in [-0.39, 0.29) is 0 Å². The molecule has 0 amide bonds. The topological polar surface area (TPSA) is 29.9 Å². The highest BCUT2D eigenvalue weighted by molar-refractivity contribution is 6.16. The van der Waals surface area contributed by atoms with Gasteiger partial charge in [0, 0.05) is 6.92 Å². The predicted molar refractivity (Wildman–Crippen MR) is 31.6 cm³/mol. The molecule has 0 aliphatic heterocycles. The third kappa shape index (κ3) is 0.842. The summed E-state index contributed by atoms with van der Waals surface area (Å²) >= 11 is 5.52. The molecule has 0 spiro atoms. The third-order valence-corrected chi connectivity index (χ3v) is 1.39. The van der Waals surface area contributed by atoms with Gasteiger partial charge < -0.3 is 0 Å². The molecule has 2 nitrogen and oxygen atoms in total. The Hall–Kier alpha value is -0.500. The molecule has 0 saturated carbocycles. The molecule has 0 aliphatic rings. The van der Waals surface area contributed by atoms with Gasteiger partial charge in [-0.25, -0.2) is 9.97 Å². The number of aromatic nitrogens is 2. The minimum Gasteiger partial charge on any atom is -0.248 e. The van der Waals surface area contributed by atoms with Crippen molar-refractivity contribution in [3.05, 3.63) is 17.7 Å². The van der Waals surface area contributed by atoms with Gasteiger partial charge in [0.25, 0.3) is 0 Å². The molecule has 44 valence electrons. The van der Waals surface area contributed by atoms with Gasteiger partial charge in [-0.1, -0.05) is 0 Å². The first-order chi connectivity index (χ1) is 3.84. The number of hydrogen-bond donors (Lipinski definition) is 1. The molecule has 0 radical (unpaired) electrons. The maximum absolute atomic E-state index is 5.52. The van der Waals surface area contributed by atoms with Gasteiger partial charge in [-0.2, -0.15) is 0 Å². The van der Waals surface area contributed by atoms with Crippen molar-refractivity contribution in [1.82, 2.24) is 4.98 Å². The van der Waals surface area contributed by atoms with Crippen LogP contribution >= 0.6 is 11.6 Å². The minimum absolute atomic E-state index is 0.551. The first-order valence-electron chi connectivity index (χ1n) is 2.45. The third-order valence-electron chi connectivity index (χ3n) is 1.12. The van der Waals surface area contributed by atoms with Crippen molar-refractivity contribution in [2.75, 3.05) is 0 Å². The van der Waals surface area contributed by atoms with Crippen LogP contribution in [0.3, 0.4) is 0 Å². The van der Waals surface area contributed by atoms with Crippen LogP contribution in [0.25, 0.3) is 0 Å². The zero-order chi connectivity index (χ0) is 5.98. The Kier molecular flexibility index (Phi) is 1.53. The van der Waals surface area contributed by atoms with Gasteiger partial charge in [0.1, 0.15) is 5.69 Å². The lowest BCUT2D eigenvalue weighted by molar-refractivity contribution is -0.386. The standard InChI is InChI=1S/C5H7ClN2/c1-4-5(2-6)8-3-7-4/h3H,2H2,1H3,(H,7,8)/p+1. The van der Waals surface area contributed by atoms with Crippen LogP contribution in [-0.2, 0) is 5.88 Å². The van der Waals surface area contributed by atoms with Gasteiger partial charge in [-0.05, 0) is 0 Å². The molecule has 1 rings (SSSR count). The van der Waals surface area contributed by atoms with Crippen LogP contribution in [-0.4, -0.2) is 4.98 Å². The van der Waals surface area contributed by atoms with Crippen molar-refractivity contribution in [3.8, 4) is 0 Å². The summed E-state index contributed by atoms with van der Waals surface area (Å²) in [5.41, 5.74) is 2.17. The highest BCUT2D eigenvalue weighted by Gasteiger charge is 2.01. The van der Waals surface area contributed by atoms with Crippen LogP contribution in [0.15, 0.2) is 6.33 Å². The molecule has 0 saturated heterocycles. The van der Waals surface area contributed by atoms with Crippen molar-refractivity contribution in [3.63, 3.8) is 0 Å². The first kappa shape index (κ1) is 5.63. The number of aryl methyl sites for hydroxylation is 1. The molecule has 8 heavy (non-hydrogen) atoms. The van der Waals surface area contributed by atoms with Crippen molar-refractivity contribution < 1.29 is 4.98 Å². The second-order valence-corrected chi connectivity index (χ2v) is 1.94. The van der Waals surface area contributed by atoms with E-state index in [0.717, 1.165) is 11.4 Å². The summed E-state index contributed by atoms with van der Waals surface area (Å²) in [6, 6.07) is 0. The SMILES string of the molecule is Cc1[nH]c[nH+]c1CCl. The molecular formula is C5H8ClN2+. The van der Waals surface area contributed by atoms with E-state index >= 15 is 0 Å². The first-order valence-corrected chi connectivity index (χ1v) is 2.98. The monoisotopic (exact) mass is 131 g/mol. The number of halogens is 1. The van der Waals surface area contributed by atoms with Crippen LogP contribution in [0, 0.1) is 6.92 Å². The Balaban J connectivity index is 2.92. The van der Waals surface area contributed by atoms with E-state index in [0.29, 0.717) is 5.88 Å². The highest BCUT2D eigenvalue weighted by Crippen LogP contribution is 1.98. The average molecular weight is 132 g/mol. The predicted octanol–water partition coefficient (Wildman–Crippen LogP) is 0.876. The second-order valence-electron chi connectivity index (χ2n) is 1.67. The zero-order valence-electron chi connectivity index (χ0n) is 4.66. The number of alkyl halides is 1. The molecule has 1 aromatic heterocycles. The second kappa shape index (κ2) is 2.18. The van der Waals surface area contributed by atoms with Gasteiger partial charge in [0.2, 0.25) is 6.33 Å². The molecule has 1 heterocycles. The molecule has 0 aromatic carbocycles. The number of aromatic amines is 2. The van der Waals surface area contributed by atoms with Crippen LogP contribution in [0.2, 0.25) is 0 Å². The molecule has 1 aromatic rings. The van der Waals surface area contributed by atoms with Crippen molar-refractivity contribution >= 4 is 11.6 Å². The fourth-order valence-electron chi connectivity index (χ4n) is 0.566. The summed E-state index contributed by atoms with van der Waals surface area (Å²) in [6.07, 6.45) is 1.77. The molecule has 3 heteroatoms. The van der Waals surface area contributed by atoms with Crippen LogP contribution in [0.4, 0.5) is 0 Å². The minimum atomic E-state index is 0.551. The summed E-state index contributed by atoms with van der Waals surface area (Å²) in [7, 11) is 0. The van der Waals surface area contributed by atoms with E-state index in [1.54, 1.807) is 6.33 Å². The molecule has 0 unspecified atom stereocenters. The Bertz CT molecular complexity index is 171. The van der Waals surface area contributed by atoms with Gasteiger partial charge in [-0.3, -0.25) is 0 Å². The molecule has 0 fully saturated rings. The Labute approximate surface area is 52.9 Å². The van der Waals surface area contributed by atoms with Crippen LogP contribution < -0.4 is 4.98 Å². The van der Waals surface area contributed by atoms with Crippen molar-refractivity contribution in [2.45, 2.75) is 12.8 Å². The quantitative estimate of drug-likeness (QED) is 0.549. The van der Waals surface area contributed by atoms with E-state index in [1.165, 1.54) is 0 Å². The van der Waals surface area contributed by atoms with E-state index in [4.69, 9.17) is 11.6 Å². The van der Waals surface area contributed by atoms with E-state index in [1.807, 2.05) is 6.92 Å². The number of hydrogen-bond acceptors (Lipinski definition) is 0. The fourth-order valence-corrected chi connectivity index (χ4v) is 0.843. The molecule has 0 aliphatic carbocycles. The Morgan fingerprint density at radius 2 is 2.62 bits per heavy atom. The maximum atomic E-state index is 5.52. The van der Waals surface area contributed by atoms with Crippen LogP contribution in [0.1, 0.15) is 11.4 Å². The lowest BCUT2D eigenvalue weighted by Gasteiger charge is -1.78. The summed E-state index contributed by atoms with van der Waals surface area (Å²) < 4.78 is 0. The zero-order valence-corrected chi connectivity index (χ0v) is 5.42. The lowest BCUT2D eigenvalue weighted by atomic mass is 10.4. The number of rotatable bonds is 1. The van der Waals surface area contributed by atoms with E-state index < -0.39 is 0 Å². The van der Waals surface area contributed by atoms with Crippen molar-refractivity contribution in [1.29, 1.82) is 0 Å². The number of imidazole rings is 1. The summed E-state index contributed by atoms with van der Waals surface area (Å²) in [5.74, 6) is 0.551. The number of H-pyrrole nitrogens is 2. The van der Waals surface area contributed by atoms with Gasteiger partial charge in [0.15, 0.2) is 5.69 Å². The average Bonchev–Trinajstić information content (AvgIpc) is 2.14. The summed E-state index contributed by atoms with van der Waals surface area (Å²) in [4.78, 5) is 5.95. The van der Waals surface area contributed by atoms with Gasteiger partial charge >= 0.3 is 0 Å². The van der Waals surface area contributed by atoms with Crippen LogP contribution in [0.5, 0.6) is 0 Å². The molecular weight excluding hydrogens is 124 g/mol. The molecule has 0 atom stereocenters. The molecule has 2 N–H and O–H groups in total. The lowest BCUT2D eigenvalue weighted by Crippen LogP contribution is -2.02.